The molecular weight excluding hydrogens is 390 g/mol. The average molecular weight is 416 g/mol. The van der Waals surface area contributed by atoms with Gasteiger partial charge >= 0.3 is 0 Å². The first kappa shape index (κ1) is 20.9. The third-order valence-corrected chi connectivity index (χ3v) is 6.97. The standard InChI is InChI=1S/C21H25N3O4S/c1-16-4-10-20(11-5-16)29(27,28)22(3)19-8-6-18(7-9-19)21(26)24-14-12-23(13-15-24)17(2)25/h4-11H,12-15H2,1-3H3. The van der Waals surface area contributed by atoms with Crippen LogP contribution in [0.1, 0.15) is 22.8 Å². The number of rotatable bonds is 4. The van der Waals surface area contributed by atoms with E-state index in [9.17, 15) is 18.0 Å². The van der Waals surface area contributed by atoms with E-state index in [1.54, 1.807) is 58.3 Å². The number of carbonyl (C=O) groups excluding carboxylic acids is 2. The molecule has 0 saturated carbocycles. The molecule has 1 fully saturated rings. The summed E-state index contributed by atoms with van der Waals surface area (Å²) in [5, 5.41) is 0. The van der Waals surface area contributed by atoms with Gasteiger partial charge in [-0.15, -0.1) is 0 Å². The number of piperazine rings is 1. The summed E-state index contributed by atoms with van der Waals surface area (Å²) in [6, 6.07) is 13.2. The highest BCUT2D eigenvalue weighted by atomic mass is 32.2. The van der Waals surface area contributed by atoms with E-state index in [0.717, 1.165) is 5.56 Å². The van der Waals surface area contributed by atoms with E-state index in [1.165, 1.54) is 18.3 Å². The van der Waals surface area contributed by atoms with Gasteiger partial charge in [0.1, 0.15) is 0 Å². The van der Waals surface area contributed by atoms with Crippen molar-refractivity contribution in [3.63, 3.8) is 0 Å². The molecule has 1 aliphatic heterocycles. The number of amides is 2. The van der Waals surface area contributed by atoms with Crippen LogP contribution in [0.15, 0.2) is 53.4 Å². The summed E-state index contributed by atoms with van der Waals surface area (Å²) in [6.07, 6.45) is 0. The van der Waals surface area contributed by atoms with Crippen molar-refractivity contribution in [2.24, 2.45) is 0 Å². The van der Waals surface area contributed by atoms with Crippen LogP contribution in [0.3, 0.4) is 0 Å². The summed E-state index contributed by atoms with van der Waals surface area (Å²) in [5.74, 6) is -0.108. The zero-order valence-corrected chi connectivity index (χ0v) is 17.6. The highest BCUT2D eigenvalue weighted by molar-refractivity contribution is 7.92. The average Bonchev–Trinajstić information content (AvgIpc) is 2.73. The smallest absolute Gasteiger partial charge is 0.264 e. The lowest BCUT2D eigenvalue weighted by molar-refractivity contribution is -0.130. The molecule has 0 N–H and O–H groups in total. The lowest BCUT2D eigenvalue weighted by atomic mass is 10.1. The lowest BCUT2D eigenvalue weighted by Crippen LogP contribution is -2.50. The van der Waals surface area contributed by atoms with Crippen molar-refractivity contribution in [2.75, 3.05) is 37.5 Å². The number of anilines is 1. The van der Waals surface area contributed by atoms with Crippen LogP contribution >= 0.6 is 0 Å². The van der Waals surface area contributed by atoms with Gasteiger partial charge in [-0.3, -0.25) is 13.9 Å². The molecule has 1 aliphatic rings. The Balaban J connectivity index is 1.72. The van der Waals surface area contributed by atoms with Gasteiger partial charge in [-0.25, -0.2) is 8.42 Å². The van der Waals surface area contributed by atoms with Gasteiger partial charge in [0.15, 0.2) is 0 Å². The number of benzene rings is 2. The largest absolute Gasteiger partial charge is 0.339 e. The van der Waals surface area contributed by atoms with Gasteiger partial charge in [-0.05, 0) is 43.3 Å². The monoisotopic (exact) mass is 415 g/mol. The fourth-order valence-corrected chi connectivity index (χ4v) is 4.42. The minimum atomic E-state index is -3.68. The van der Waals surface area contributed by atoms with Crippen LogP contribution < -0.4 is 4.31 Å². The Morgan fingerprint density at radius 1 is 0.862 bits per heavy atom. The van der Waals surface area contributed by atoms with Crippen molar-refractivity contribution < 1.29 is 18.0 Å². The summed E-state index contributed by atoms with van der Waals surface area (Å²) in [7, 11) is -2.18. The molecule has 1 saturated heterocycles. The topological polar surface area (TPSA) is 78.0 Å². The Labute approximate surface area is 171 Å². The number of hydrogen-bond acceptors (Lipinski definition) is 4. The molecule has 0 atom stereocenters. The molecule has 7 nitrogen and oxygen atoms in total. The van der Waals surface area contributed by atoms with Crippen molar-refractivity contribution in [2.45, 2.75) is 18.7 Å². The second-order valence-corrected chi connectivity index (χ2v) is 9.10. The van der Waals surface area contributed by atoms with Crippen LogP contribution in [-0.4, -0.2) is 63.3 Å². The van der Waals surface area contributed by atoms with Crippen LogP contribution in [0.4, 0.5) is 5.69 Å². The zero-order chi connectivity index (χ0) is 21.2. The maximum absolute atomic E-state index is 12.8. The Hall–Kier alpha value is -2.87. The molecular formula is C21H25N3O4S. The van der Waals surface area contributed by atoms with Gasteiger partial charge < -0.3 is 9.80 Å². The molecule has 0 radical (unpaired) electrons. The van der Waals surface area contributed by atoms with Crippen LogP contribution in [0.25, 0.3) is 0 Å². The molecule has 0 spiro atoms. The van der Waals surface area contributed by atoms with Crippen molar-refractivity contribution in [3.8, 4) is 0 Å². The van der Waals surface area contributed by atoms with Crippen LogP contribution in [0, 0.1) is 6.92 Å². The van der Waals surface area contributed by atoms with Crippen molar-refractivity contribution >= 4 is 27.5 Å². The van der Waals surface area contributed by atoms with Crippen LogP contribution in [-0.2, 0) is 14.8 Å². The molecule has 1 heterocycles. The Bertz CT molecular complexity index is 993. The normalized spacial score (nSPS) is 14.6. The highest BCUT2D eigenvalue weighted by Crippen LogP contribution is 2.23. The van der Waals surface area contributed by atoms with Crippen LogP contribution in [0.2, 0.25) is 0 Å². The molecule has 29 heavy (non-hydrogen) atoms. The molecule has 0 bridgehead atoms. The lowest BCUT2D eigenvalue weighted by Gasteiger charge is -2.34. The zero-order valence-electron chi connectivity index (χ0n) is 16.8. The third kappa shape index (κ3) is 4.42. The molecule has 154 valence electrons. The van der Waals surface area contributed by atoms with E-state index in [-0.39, 0.29) is 16.7 Å². The van der Waals surface area contributed by atoms with E-state index in [4.69, 9.17) is 0 Å². The summed E-state index contributed by atoms with van der Waals surface area (Å²) in [4.78, 5) is 27.8. The minimum absolute atomic E-state index is 0.0132. The van der Waals surface area contributed by atoms with E-state index in [0.29, 0.717) is 37.4 Å². The summed E-state index contributed by atoms with van der Waals surface area (Å²) in [5.41, 5.74) is 1.95. The molecule has 0 aromatic heterocycles. The van der Waals surface area contributed by atoms with E-state index < -0.39 is 10.0 Å². The van der Waals surface area contributed by atoms with Crippen molar-refractivity contribution in [1.82, 2.24) is 9.80 Å². The number of sulfonamides is 1. The molecule has 2 amide bonds. The summed E-state index contributed by atoms with van der Waals surface area (Å²) in [6.45, 7) is 5.45. The predicted octanol–water partition coefficient (Wildman–Crippen LogP) is 2.12. The first-order chi connectivity index (χ1) is 13.7. The van der Waals surface area contributed by atoms with E-state index in [2.05, 4.69) is 0 Å². The second-order valence-electron chi connectivity index (χ2n) is 7.13. The molecule has 3 rings (SSSR count). The number of hydrogen-bond donors (Lipinski definition) is 0. The first-order valence-electron chi connectivity index (χ1n) is 9.40. The quantitative estimate of drug-likeness (QED) is 0.766. The van der Waals surface area contributed by atoms with Gasteiger partial charge in [-0.2, -0.15) is 0 Å². The van der Waals surface area contributed by atoms with Gasteiger partial charge in [0, 0.05) is 45.7 Å². The van der Waals surface area contributed by atoms with E-state index in [1.807, 2.05) is 6.92 Å². The number of carbonyl (C=O) groups is 2. The van der Waals surface area contributed by atoms with Crippen molar-refractivity contribution in [1.29, 1.82) is 0 Å². The van der Waals surface area contributed by atoms with Gasteiger partial charge in [0.2, 0.25) is 5.91 Å². The second kappa shape index (κ2) is 8.24. The van der Waals surface area contributed by atoms with Gasteiger partial charge in [0.05, 0.1) is 10.6 Å². The summed E-state index contributed by atoms with van der Waals surface area (Å²) >= 11 is 0. The molecule has 8 heteroatoms. The third-order valence-electron chi connectivity index (χ3n) is 5.17. The fourth-order valence-electron chi connectivity index (χ4n) is 3.23. The highest BCUT2D eigenvalue weighted by Gasteiger charge is 2.24. The number of nitrogens with zero attached hydrogens (tertiary/aromatic N) is 3. The molecule has 0 unspecified atom stereocenters. The van der Waals surface area contributed by atoms with Gasteiger partial charge in [-0.1, -0.05) is 17.7 Å². The predicted molar refractivity (Wildman–Crippen MR) is 111 cm³/mol. The Kier molecular flexibility index (Phi) is 5.93. The van der Waals surface area contributed by atoms with Crippen molar-refractivity contribution in [3.05, 3.63) is 59.7 Å². The van der Waals surface area contributed by atoms with Gasteiger partial charge in [0.25, 0.3) is 15.9 Å². The Morgan fingerprint density at radius 2 is 1.38 bits per heavy atom. The molecule has 2 aromatic carbocycles. The Morgan fingerprint density at radius 3 is 1.90 bits per heavy atom. The maximum atomic E-state index is 12.8. The molecule has 2 aromatic rings. The number of aryl methyl sites for hydroxylation is 1. The SMILES string of the molecule is CC(=O)N1CCN(C(=O)c2ccc(N(C)S(=O)(=O)c3ccc(C)cc3)cc2)CC1. The van der Waals surface area contributed by atoms with Crippen LogP contribution in [0.5, 0.6) is 0 Å². The summed E-state index contributed by atoms with van der Waals surface area (Å²) < 4.78 is 26.8. The fraction of sp³-hybridized carbons (Fsp3) is 0.333. The maximum Gasteiger partial charge on any atom is 0.264 e. The van der Waals surface area contributed by atoms with E-state index >= 15 is 0 Å². The first-order valence-corrected chi connectivity index (χ1v) is 10.8. The minimum Gasteiger partial charge on any atom is -0.339 e. The molecule has 0 aliphatic carbocycles.